The summed E-state index contributed by atoms with van der Waals surface area (Å²) in [6.45, 7) is 16.1. The molecule has 4 nitrogen and oxygen atoms in total. The van der Waals surface area contributed by atoms with Crippen molar-refractivity contribution < 1.29 is 9.53 Å². The number of alkyl carbamates (subject to hydrolysis) is 1. The number of rotatable bonds is 9. The molecule has 0 rings (SSSR count). The molecule has 0 aromatic heterocycles. The lowest BCUT2D eigenvalue weighted by Gasteiger charge is -2.25. The molecule has 0 spiro atoms. The quantitative estimate of drug-likeness (QED) is 0.678. The molecule has 0 saturated carbocycles. The standard InChI is InChI=1S/C17H36N2O2/c1-8-9-14(4)11-18-15(10-13(2)3)12-19-16(20)21-17(5,6)7/h13-15,18H,8-12H2,1-7H3,(H,19,20). The topological polar surface area (TPSA) is 50.4 Å². The van der Waals surface area contributed by atoms with Gasteiger partial charge in [-0.05, 0) is 52.0 Å². The van der Waals surface area contributed by atoms with Crippen LogP contribution in [0.4, 0.5) is 4.79 Å². The summed E-state index contributed by atoms with van der Waals surface area (Å²) in [5, 5.41) is 6.46. The highest BCUT2D eigenvalue weighted by atomic mass is 16.6. The first-order valence-corrected chi connectivity index (χ1v) is 8.34. The van der Waals surface area contributed by atoms with Gasteiger partial charge in [0.25, 0.3) is 0 Å². The van der Waals surface area contributed by atoms with Gasteiger partial charge < -0.3 is 15.4 Å². The van der Waals surface area contributed by atoms with Gasteiger partial charge in [0.1, 0.15) is 5.60 Å². The first-order chi connectivity index (χ1) is 9.64. The summed E-state index contributed by atoms with van der Waals surface area (Å²) in [5.41, 5.74) is -0.444. The third-order valence-corrected chi connectivity index (χ3v) is 3.18. The molecule has 0 aromatic carbocycles. The highest BCUT2D eigenvalue weighted by Crippen LogP contribution is 2.09. The van der Waals surface area contributed by atoms with Gasteiger partial charge >= 0.3 is 6.09 Å². The average Bonchev–Trinajstić information content (AvgIpc) is 2.30. The van der Waals surface area contributed by atoms with E-state index in [2.05, 4.69) is 38.3 Å². The molecule has 0 bridgehead atoms. The Hall–Kier alpha value is -0.770. The molecule has 0 radical (unpaired) electrons. The van der Waals surface area contributed by atoms with Gasteiger partial charge in [-0.1, -0.05) is 34.1 Å². The Morgan fingerprint density at radius 1 is 1.14 bits per heavy atom. The van der Waals surface area contributed by atoms with Gasteiger partial charge in [0.15, 0.2) is 0 Å². The van der Waals surface area contributed by atoms with Crippen molar-refractivity contribution in [2.45, 2.75) is 79.4 Å². The number of carbonyl (C=O) groups is 1. The fourth-order valence-electron chi connectivity index (χ4n) is 2.29. The van der Waals surface area contributed by atoms with Crippen LogP contribution in [0.5, 0.6) is 0 Å². The summed E-state index contributed by atoms with van der Waals surface area (Å²) in [5.74, 6) is 1.27. The monoisotopic (exact) mass is 300 g/mol. The number of nitrogens with one attached hydrogen (secondary N) is 2. The molecule has 0 aliphatic carbocycles. The maximum absolute atomic E-state index is 11.7. The molecule has 1 amide bonds. The van der Waals surface area contributed by atoms with E-state index in [9.17, 15) is 4.79 Å². The van der Waals surface area contributed by atoms with E-state index in [-0.39, 0.29) is 6.09 Å². The molecule has 4 heteroatoms. The third-order valence-electron chi connectivity index (χ3n) is 3.18. The molecular formula is C17H36N2O2. The molecule has 21 heavy (non-hydrogen) atoms. The molecule has 2 unspecified atom stereocenters. The van der Waals surface area contributed by atoms with Crippen LogP contribution in [0.25, 0.3) is 0 Å². The normalized spacial score (nSPS) is 14.9. The first-order valence-electron chi connectivity index (χ1n) is 8.34. The molecule has 2 N–H and O–H groups in total. The zero-order chi connectivity index (χ0) is 16.5. The molecule has 0 saturated heterocycles. The number of amides is 1. The number of hydrogen-bond acceptors (Lipinski definition) is 3. The lowest BCUT2D eigenvalue weighted by molar-refractivity contribution is 0.0520. The zero-order valence-corrected chi connectivity index (χ0v) is 15.1. The van der Waals surface area contributed by atoms with Gasteiger partial charge in [-0.25, -0.2) is 4.79 Å². The van der Waals surface area contributed by atoms with Crippen molar-refractivity contribution in [2.75, 3.05) is 13.1 Å². The van der Waals surface area contributed by atoms with E-state index in [1.165, 1.54) is 12.8 Å². The Labute approximate surface area is 131 Å². The van der Waals surface area contributed by atoms with Crippen LogP contribution in [0.15, 0.2) is 0 Å². The fourth-order valence-corrected chi connectivity index (χ4v) is 2.29. The van der Waals surface area contributed by atoms with Gasteiger partial charge in [-0.2, -0.15) is 0 Å². The van der Waals surface area contributed by atoms with Crippen LogP contribution < -0.4 is 10.6 Å². The maximum atomic E-state index is 11.7. The lowest BCUT2D eigenvalue weighted by atomic mass is 10.0. The van der Waals surface area contributed by atoms with Crippen molar-refractivity contribution >= 4 is 6.09 Å². The van der Waals surface area contributed by atoms with Crippen molar-refractivity contribution in [3.63, 3.8) is 0 Å². The third kappa shape index (κ3) is 12.7. The predicted octanol–water partition coefficient (Wildman–Crippen LogP) is 3.95. The fraction of sp³-hybridized carbons (Fsp3) is 0.941. The Morgan fingerprint density at radius 2 is 1.76 bits per heavy atom. The number of ether oxygens (including phenoxy) is 1. The molecule has 0 aliphatic heterocycles. The molecule has 0 fully saturated rings. The van der Waals surface area contributed by atoms with E-state index < -0.39 is 5.60 Å². The Kier molecular flexibility index (Phi) is 9.67. The summed E-state index contributed by atoms with van der Waals surface area (Å²) in [4.78, 5) is 11.7. The van der Waals surface area contributed by atoms with Crippen LogP contribution in [0.3, 0.4) is 0 Å². The number of hydrogen-bond donors (Lipinski definition) is 2. The number of carbonyl (C=O) groups excluding carboxylic acids is 1. The van der Waals surface area contributed by atoms with E-state index in [1.807, 2.05) is 20.8 Å². The van der Waals surface area contributed by atoms with Gasteiger partial charge in [-0.3, -0.25) is 0 Å². The van der Waals surface area contributed by atoms with Crippen molar-refractivity contribution in [1.29, 1.82) is 0 Å². The maximum Gasteiger partial charge on any atom is 0.407 e. The SMILES string of the molecule is CCCC(C)CNC(CNC(=O)OC(C)(C)C)CC(C)C. The summed E-state index contributed by atoms with van der Waals surface area (Å²) in [6, 6.07) is 0.303. The largest absolute Gasteiger partial charge is 0.444 e. The van der Waals surface area contributed by atoms with Crippen LogP contribution in [-0.2, 0) is 4.74 Å². The molecule has 126 valence electrons. The van der Waals surface area contributed by atoms with E-state index in [0.29, 0.717) is 24.4 Å². The van der Waals surface area contributed by atoms with Crippen LogP contribution in [0.2, 0.25) is 0 Å². The van der Waals surface area contributed by atoms with Crippen molar-refractivity contribution in [3.05, 3.63) is 0 Å². The van der Waals surface area contributed by atoms with Gasteiger partial charge in [0.2, 0.25) is 0 Å². The van der Waals surface area contributed by atoms with E-state index in [1.54, 1.807) is 0 Å². The minimum atomic E-state index is -0.444. The van der Waals surface area contributed by atoms with Gasteiger partial charge in [0, 0.05) is 12.6 Å². The van der Waals surface area contributed by atoms with Crippen molar-refractivity contribution in [3.8, 4) is 0 Å². The average molecular weight is 300 g/mol. The highest BCUT2D eigenvalue weighted by Gasteiger charge is 2.18. The summed E-state index contributed by atoms with van der Waals surface area (Å²) in [6.07, 6.45) is 3.17. The molecule has 2 atom stereocenters. The van der Waals surface area contributed by atoms with E-state index in [0.717, 1.165) is 13.0 Å². The Morgan fingerprint density at radius 3 is 2.24 bits per heavy atom. The minimum absolute atomic E-state index is 0.303. The summed E-state index contributed by atoms with van der Waals surface area (Å²) >= 11 is 0. The van der Waals surface area contributed by atoms with Crippen LogP contribution in [-0.4, -0.2) is 30.8 Å². The van der Waals surface area contributed by atoms with Crippen LogP contribution >= 0.6 is 0 Å². The second-order valence-corrected chi connectivity index (χ2v) is 7.51. The van der Waals surface area contributed by atoms with Gasteiger partial charge in [-0.15, -0.1) is 0 Å². The molecule has 0 aliphatic rings. The molecular weight excluding hydrogens is 264 g/mol. The van der Waals surface area contributed by atoms with Crippen LogP contribution in [0.1, 0.15) is 67.7 Å². The van der Waals surface area contributed by atoms with Gasteiger partial charge in [0.05, 0.1) is 0 Å². The molecule has 0 heterocycles. The Bertz CT molecular complexity index is 285. The van der Waals surface area contributed by atoms with E-state index in [4.69, 9.17) is 4.74 Å². The zero-order valence-electron chi connectivity index (χ0n) is 15.1. The van der Waals surface area contributed by atoms with Crippen molar-refractivity contribution in [2.24, 2.45) is 11.8 Å². The second kappa shape index (κ2) is 10.0. The van der Waals surface area contributed by atoms with Crippen molar-refractivity contribution in [1.82, 2.24) is 10.6 Å². The minimum Gasteiger partial charge on any atom is -0.444 e. The lowest BCUT2D eigenvalue weighted by Crippen LogP contribution is -2.44. The van der Waals surface area contributed by atoms with E-state index >= 15 is 0 Å². The first kappa shape index (κ1) is 20.2. The highest BCUT2D eigenvalue weighted by molar-refractivity contribution is 5.67. The summed E-state index contributed by atoms with van der Waals surface area (Å²) in [7, 11) is 0. The smallest absolute Gasteiger partial charge is 0.407 e. The molecule has 0 aromatic rings. The summed E-state index contributed by atoms with van der Waals surface area (Å²) < 4.78 is 5.28. The predicted molar refractivity (Wildman–Crippen MR) is 89.6 cm³/mol. The second-order valence-electron chi connectivity index (χ2n) is 7.51. The Balaban J connectivity index is 4.20. The van der Waals surface area contributed by atoms with Crippen LogP contribution in [0, 0.1) is 11.8 Å².